The van der Waals surface area contributed by atoms with Crippen molar-refractivity contribution in [3.63, 3.8) is 0 Å². The highest BCUT2D eigenvalue weighted by molar-refractivity contribution is 6.18. The van der Waals surface area contributed by atoms with Crippen LogP contribution in [0.25, 0.3) is 0 Å². The number of carbonyl (C=O) groups excluding carboxylic acids is 1. The van der Waals surface area contributed by atoms with Gasteiger partial charge in [-0.05, 0) is 24.6 Å². The zero-order valence-corrected chi connectivity index (χ0v) is 15.3. The standard InChI is InChI=1S/C18H25ClNO4/c1-4-24-17(21)11-20-6-5-12-7-15(22-2)16(23-3)8-14(12)18(20)13(9-19)10-20/h7-8,13,18H,4-6,9-11H2,1-3H3/q+1/t13-,18-,20?/m1/s1. The Morgan fingerprint density at radius 3 is 2.62 bits per heavy atom. The van der Waals surface area contributed by atoms with Gasteiger partial charge in [0.15, 0.2) is 18.0 Å². The molecular weight excluding hydrogens is 330 g/mol. The predicted molar refractivity (Wildman–Crippen MR) is 91.7 cm³/mol. The van der Waals surface area contributed by atoms with E-state index in [4.69, 9.17) is 25.8 Å². The van der Waals surface area contributed by atoms with Gasteiger partial charge in [0.2, 0.25) is 0 Å². The van der Waals surface area contributed by atoms with E-state index in [-0.39, 0.29) is 12.0 Å². The highest BCUT2D eigenvalue weighted by Gasteiger charge is 2.58. The molecule has 2 heterocycles. The molecule has 3 rings (SSSR count). The van der Waals surface area contributed by atoms with Crippen molar-refractivity contribution in [2.75, 3.05) is 46.3 Å². The molecule has 1 aromatic carbocycles. The molecule has 0 bridgehead atoms. The lowest BCUT2D eigenvalue weighted by atomic mass is 9.75. The summed E-state index contributed by atoms with van der Waals surface area (Å²) < 4.78 is 16.8. The Bertz CT molecular complexity index is 636. The van der Waals surface area contributed by atoms with Crippen LogP contribution in [0.15, 0.2) is 12.1 Å². The predicted octanol–water partition coefficient (Wildman–Crippen LogP) is 2.55. The van der Waals surface area contributed by atoms with Crippen LogP contribution in [0.3, 0.4) is 0 Å². The molecule has 0 saturated carbocycles. The molecule has 1 saturated heterocycles. The second-order valence-electron chi connectivity index (χ2n) is 6.60. The summed E-state index contributed by atoms with van der Waals surface area (Å²) in [5.74, 6) is 2.33. The molecule has 1 aromatic rings. The van der Waals surface area contributed by atoms with Crippen LogP contribution in [0.5, 0.6) is 11.5 Å². The number of nitrogens with zero attached hydrogens (tertiary/aromatic N) is 1. The molecule has 0 amide bonds. The molecule has 0 radical (unpaired) electrons. The highest BCUT2D eigenvalue weighted by atomic mass is 35.5. The summed E-state index contributed by atoms with van der Waals surface area (Å²) in [5, 5.41) is 0. The van der Waals surface area contributed by atoms with Crippen molar-refractivity contribution in [2.24, 2.45) is 5.92 Å². The summed E-state index contributed by atoms with van der Waals surface area (Å²) in [5.41, 5.74) is 2.50. The molecule has 0 aliphatic carbocycles. The normalized spacial score (nSPS) is 27.5. The molecule has 24 heavy (non-hydrogen) atoms. The van der Waals surface area contributed by atoms with Crippen molar-refractivity contribution in [1.29, 1.82) is 0 Å². The first-order valence-corrected chi connectivity index (χ1v) is 8.94. The Balaban J connectivity index is 1.96. The SMILES string of the molecule is CCOC(=O)C[N+]12CCc3cc(OC)c(OC)cc3[C@H]1[C@H](CCl)C2. The maximum absolute atomic E-state index is 12.1. The first-order chi connectivity index (χ1) is 11.6. The first kappa shape index (κ1) is 17.4. The molecule has 3 atom stereocenters. The number of hydrogen-bond acceptors (Lipinski definition) is 4. The second-order valence-corrected chi connectivity index (χ2v) is 6.91. The average Bonchev–Trinajstić information content (AvgIpc) is 2.56. The van der Waals surface area contributed by atoms with Gasteiger partial charge < -0.3 is 18.7 Å². The molecular formula is C18H25ClNO4+. The number of halogens is 1. The van der Waals surface area contributed by atoms with Crippen LogP contribution in [0, 0.1) is 5.92 Å². The Hall–Kier alpha value is -1.46. The fourth-order valence-electron chi connectivity index (χ4n) is 4.38. The maximum Gasteiger partial charge on any atom is 0.361 e. The lowest BCUT2D eigenvalue weighted by Crippen LogP contribution is -2.69. The van der Waals surface area contributed by atoms with E-state index in [0.717, 1.165) is 35.5 Å². The number of benzene rings is 1. The molecule has 0 aromatic heterocycles. The van der Waals surface area contributed by atoms with E-state index in [0.29, 0.717) is 24.9 Å². The van der Waals surface area contributed by atoms with E-state index >= 15 is 0 Å². The number of carbonyl (C=O) groups is 1. The van der Waals surface area contributed by atoms with Crippen molar-refractivity contribution in [3.05, 3.63) is 23.3 Å². The molecule has 0 N–H and O–H groups in total. The summed E-state index contributed by atoms with van der Waals surface area (Å²) in [4.78, 5) is 12.1. The Morgan fingerprint density at radius 2 is 2.00 bits per heavy atom. The zero-order chi connectivity index (χ0) is 17.3. The molecule has 132 valence electrons. The van der Waals surface area contributed by atoms with Crippen LogP contribution < -0.4 is 9.47 Å². The van der Waals surface area contributed by atoms with Crippen molar-refractivity contribution >= 4 is 17.6 Å². The van der Waals surface area contributed by atoms with Gasteiger partial charge in [0.1, 0.15) is 6.04 Å². The van der Waals surface area contributed by atoms with Crippen molar-refractivity contribution in [3.8, 4) is 11.5 Å². The van der Waals surface area contributed by atoms with Gasteiger partial charge >= 0.3 is 5.97 Å². The van der Waals surface area contributed by atoms with Gasteiger partial charge in [0.05, 0.1) is 39.8 Å². The van der Waals surface area contributed by atoms with Crippen LogP contribution in [-0.2, 0) is 16.0 Å². The fraction of sp³-hybridized carbons (Fsp3) is 0.611. The van der Waals surface area contributed by atoms with Gasteiger partial charge in [-0.3, -0.25) is 0 Å². The largest absolute Gasteiger partial charge is 0.493 e. The van der Waals surface area contributed by atoms with E-state index < -0.39 is 0 Å². The lowest BCUT2D eigenvalue weighted by molar-refractivity contribution is -1.00. The van der Waals surface area contributed by atoms with E-state index in [1.807, 2.05) is 6.92 Å². The average molecular weight is 355 g/mol. The fourth-order valence-corrected chi connectivity index (χ4v) is 4.65. The summed E-state index contributed by atoms with van der Waals surface area (Å²) >= 11 is 6.20. The quantitative estimate of drug-likeness (QED) is 0.447. The van der Waals surface area contributed by atoms with Crippen LogP contribution >= 0.6 is 11.6 Å². The molecule has 0 spiro atoms. The topological polar surface area (TPSA) is 44.8 Å². The summed E-state index contributed by atoms with van der Waals surface area (Å²) in [7, 11) is 3.30. The van der Waals surface area contributed by atoms with Crippen LogP contribution in [0.4, 0.5) is 0 Å². The third kappa shape index (κ3) is 2.74. The lowest BCUT2D eigenvalue weighted by Gasteiger charge is -2.59. The monoisotopic (exact) mass is 354 g/mol. The second kappa shape index (κ2) is 6.81. The molecule has 1 fully saturated rings. The van der Waals surface area contributed by atoms with Crippen LogP contribution in [0.2, 0.25) is 0 Å². The number of rotatable bonds is 6. The summed E-state index contributed by atoms with van der Waals surface area (Å²) in [6, 6.07) is 4.36. The van der Waals surface area contributed by atoms with Crippen molar-refractivity contribution in [1.82, 2.24) is 0 Å². The Kier molecular flexibility index (Phi) is 4.92. The highest BCUT2D eigenvalue weighted by Crippen LogP contribution is 2.52. The van der Waals surface area contributed by atoms with Crippen molar-refractivity contribution in [2.45, 2.75) is 19.4 Å². The smallest absolute Gasteiger partial charge is 0.361 e. The molecule has 2 aliphatic heterocycles. The number of esters is 1. The first-order valence-electron chi connectivity index (χ1n) is 8.40. The van der Waals surface area contributed by atoms with E-state index in [2.05, 4.69) is 12.1 Å². The number of fused-ring (bicyclic) bond motifs is 3. The van der Waals surface area contributed by atoms with Crippen molar-refractivity contribution < 1.29 is 23.5 Å². The summed E-state index contributed by atoms with van der Waals surface area (Å²) in [6.07, 6.45) is 0.917. The Labute approximate surface area is 148 Å². The van der Waals surface area contributed by atoms with Gasteiger partial charge in [-0.15, -0.1) is 11.6 Å². The number of alkyl halides is 1. The minimum absolute atomic E-state index is 0.126. The number of hydrogen-bond donors (Lipinski definition) is 0. The number of ether oxygens (including phenoxy) is 3. The van der Waals surface area contributed by atoms with Gasteiger partial charge in [0, 0.05) is 17.9 Å². The van der Waals surface area contributed by atoms with Gasteiger partial charge in [0.25, 0.3) is 0 Å². The third-order valence-corrected chi connectivity index (χ3v) is 5.77. The van der Waals surface area contributed by atoms with E-state index in [1.165, 1.54) is 11.1 Å². The minimum Gasteiger partial charge on any atom is -0.493 e. The maximum atomic E-state index is 12.1. The summed E-state index contributed by atoms with van der Waals surface area (Å²) in [6.45, 7) is 4.54. The van der Waals surface area contributed by atoms with Gasteiger partial charge in [-0.2, -0.15) is 0 Å². The molecule has 2 aliphatic rings. The molecule has 5 nitrogen and oxygen atoms in total. The van der Waals surface area contributed by atoms with E-state index in [1.54, 1.807) is 14.2 Å². The minimum atomic E-state index is -0.126. The zero-order valence-electron chi connectivity index (χ0n) is 14.5. The van der Waals surface area contributed by atoms with Crippen LogP contribution in [0.1, 0.15) is 24.1 Å². The molecule has 1 unspecified atom stereocenters. The van der Waals surface area contributed by atoms with Crippen LogP contribution in [-0.4, -0.2) is 56.8 Å². The molecule has 6 heteroatoms. The Morgan fingerprint density at radius 1 is 1.29 bits per heavy atom. The third-order valence-electron chi connectivity index (χ3n) is 5.37. The van der Waals surface area contributed by atoms with E-state index in [9.17, 15) is 4.79 Å². The van der Waals surface area contributed by atoms with Gasteiger partial charge in [-0.1, -0.05) is 0 Å². The van der Waals surface area contributed by atoms with Gasteiger partial charge in [-0.25, -0.2) is 4.79 Å². The number of quaternary nitrogens is 1. The number of methoxy groups -OCH3 is 2.